The molecule has 2 aromatic carbocycles. The van der Waals surface area contributed by atoms with Gasteiger partial charge in [0.05, 0.1) is 23.4 Å². The number of piperazine rings is 1. The molecule has 1 amide bonds. The molecule has 2 aromatic heterocycles. The zero-order valence-corrected chi connectivity index (χ0v) is 21.4. The molecule has 4 aromatic rings. The van der Waals surface area contributed by atoms with Crippen molar-refractivity contribution in [2.24, 2.45) is 0 Å². The molecule has 1 saturated heterocycles. The average molecular weight is 499 g/mol. The number of nitrogens with one attached hydrogen (secondary N) is 1. The van der Waals surface area contributed by atoms with Crippen LogP contribution in [0.5, 0.6) is 0 Å². The SMILES string of the molecule is CC(C)n1cnc(-c2ccc(F)cc2)c1-c1cccc(C(=O)Nc2ccc(N3CCN(C)CC3)cc2)n1. The Morgan fingerprint density at radius 2 is 1.65 bits per heavy atom. The van der Waals surface area contributed by atoms with Gasteiger partial charge in [-0.2, -0.15) is 0 Å². The van der Waals surface area contributed by atoms with E-state index in [9.17, 15) is 9.18 Å². The van der Waals surface area contributed by atoms with Crippen molar-refractivity contribution in [3.63, 3.8) is 0 Å². The van der Waals surface area contributed by atoms with Gasteiger partial charge in [-0.15, -0.1) is 0 Å². The number of anilines is 2. The van der Waals surface area contributed by atoms with E-state index in [1.54, 1.807) is 24.5 Å². The minimum absolute atomic E-state index is 0.120. The van der Waals surface area contributed by atoms with E-state index in [4.69, 9.17) is 4.98 Å². The predicted molar refractivity (Wildman–Crippen MR) is 145 cm³/mol. The van der Waals surface area contributed by atoms with E-state index >= 15 is 0 Å². The molecule has 5 rings (SSSR count). The summed E-state index contributed by atoms with van der Waals surface area (Å²) in [6, 6.07) is 19.7. The second-order valence-electron chi connectivity index (χ2n) is 9.65. The zero-order chi connectivity index (χ0) is 25.9. The van der Waals surface area contributed by atoms with E-state index in [0.29, 0.717) is 22.8 Å². The van der Waals surface area contributed by atoms with Gasteiger partial charge < -0.3 is 19.7 Å². The molecule has 0 radical (unpaired) electrons. The summed E-state index contributed by atoms with van der Waals surface area (Å²) in [4.78, 5) is 27.1. The molecule has 190 valence electrons. The van der Waals surface area contributed by atoms with Crippen LogP contribution in [0.25, 0.3) is 22.6 Å². The third-order valence-corrected chi connectivity index (χ3v) is 6.69. The van der Waals surface area contributed by atoms with Crippen LogP contribution in [0.1, 0.15) is 30.4 Å². The fraction of sp³-hybridized carbons (Fsp3) is 0.276. The Balaban J connectivity index is 1.38. The summed E-state index contributed by atoms with van der Waals surface area (Å²) in [7, 11) is 2.14. The summed E-state index contributed by atoms with van der Waals surface area (Å²) in [6.45, 7) is 8.18. The Morgan fingerprint density at radius 1 is 0.946 bits per heavy atom. The summed E-state index contributed by atoms with van der Waals surface area (Å²) in [6.07, 6.45) is 1.76. The smallest absolute Gasteiger partial charge is 0.274 e. The van der Waals surface area contributed by atoms with Crippen LogP contribution in [0.3, 0.4) is 0 Å². The molecule has 8 heteroatoms. The summed E-state index contributed by atoms with van der Waals surface area (Å²) < 4.78 is 15.5. The van der Waals surface area contributed by atoms with E-state index < -0.39 is 0 Å². The highest BCUT2D eigenvalue weighted by atomic mass is 19.1. The van der Waals surface area contributed by atoms with Crippen molar-refractivity contribution in [1.82, 2.24) is 19.4 Å². The number of nitrogens with zero attached hydrogens (tertiary/aromatic N) is 5. The first-order chi connectivity index (χ1) is 17.9. The van der Waals surface area contributed by atoms with Crippen LogP contribution in [0.4, 0.5) is 15.8 Å². The van der Waals surface area contributed by atoms with Gasteiger partial charge >= 0.3 is 0 Å². The normalized spacial score (nSPS) is 14.2. The lowest BCUT2D eigenvalue weighted by Gasteiger charge is -2.34. The first-order valence-electron chi connectivity index (χ1n) is 12.5. The number of imidazole rings is 1. The highest BCUT2D eigenvalue weighted by molar-refractivity contribution is 6.03. The second kappa shape index (κ2) is 10.5. The number of likely N-dealkylation sites (N-methyl/N-ethyl adjacent to an activating group) is 1. The number of amides is 1. The molecule has 0 bridgehead atoms. The summed E-state index contributed by atoms with van der Waals surface area (Å²) in [5, 5.41) is 2.97. The van der Waals surface area contributed by atoms with Crippen LogP contribution >= 0.6 is 0 Å². The Labute approximate surface area is 216 Å². The van der Waals surface area contributed by atoms with Gasteiger partial charge in [0.15, 0.2) is 0 Å². The highest BCUT2D eigenvalue weighted by Crippen LogP contribution is 2.32. The Morgan fingerprint density at radius 3 is 2.32 bits per heavy atom. The predicted octanol–water partition coefficient (Wildman–Crippen LogP) is 5.34. The van der Waals surface area contributed by atoms with Crippen LogP contribution in [0.2, 0.25) is 0 Å². The van der Waals surface area contributed by atoms with Crippen molar-refractivity contribution in [3.05, 3.63) is 84.6 Å². The van der Waals surface area contributed by atoms with E-state index in [-0.39, 0.29) is 17.8 Å². The molecule has 3 heterocycles. The first-order valence-corrected chi connectivity index (χ1v) is 12.5. The number of carbonyl (C=O) groups excluding carboxylic acids is 1. The summed E-state index contributed by atoms with van der Waals surface area (Å²) in [5.41, 5.74) is 5.07. The first kappa shape index (κ1) is 24.6. The standard InChI is InChI=1S/C29H31FN6O/c1-20(2)36-19-31-27(21-7-9-22(30)10-8-21)28(36)25-5-4-6-26(33-25)29(37)32-23-11-13-24(14-12-23)35-17-15-34(3)16-18-35/h4-14,19-20H,15-18H2,1-3H3,(H,32,37). The molecule has 0 aliphatic carbocycles. The third kappa shape index (κ3) is 5.39. The van der Waals surface area contributed by atoms with Crippen LogP contribution < -0.4 is 10.2 Å². The van der Waals surface area contributed by atoms with Gasteiger partial charge in [0.1, 0.15) is 11.5 Å². The van der Waals surface area contributed by atoms with Crippen LogP contribution in [-0.4, -0.2) is 58.6 Å². The van der Waals surface area contributed by atoms with E-state index in [1.165, 1.54) is 12.1 Å². The largest absolute Gasteiger partial charge is 0.369 e. The maximum Gasteiger partial charge on any atom is 0.274 e. The number of carbonyl (C=O) groups is 1. The quantitative estimate of drug-likeness (QED) is 0.389. The Hall–Kier alpha value is -4.04. The van der Waals surface area contributed by atoms with Crippen molar-refractivity contribution in [3.8, 4) is 22.6 Å². The molecule has 0 spiro atoms. The molecule has 1 N–H and O–H groups in total. The zero-order valence-electron chi connectivity index (χ0n) is 21.4. The van der Waals surface area contributed by atoms with Gasteiger partial charge in [-0.05, 0) is 81.6 Å². The van der Waals surface area contributed by atoms with E-state index in [1.807, 2.05) is 41.0 Å². The van der Waals surface area contributed by atoms with Gasteiger partial charge in [0.25, 0.3) is 5.91 Å². The van der Waals surface area contributed by atoms with Crippen molar-refractivity contribution < 1.29 is 9.18 Å². The monoisotopic (exact) mass is 498 g/mol. The summed E-state index contributed by atoms with van der Waals surface area (Å²) in [5.74, 6) is -0.588. The van der Waals surface area contributed by atoms with Crippen LogP contribution in [0.15, 0.2) is 73.1 Å². The molecule has 0 saturated carbocycles. The molecule has 1 aliphatic heterocycles. The van der Waals surface area contributed by atoms with Crippen molar-refractivity contribution in [2.75, 3.05) is 43.4 Å². The topological polar surface area (TPSA) is 66.3 Å². The molecule has 0 atom stereocenters. The van der Waals surface area contributed by atoms with Gasteiger partial charge in [-0.3, -0.25) is 4.79 Å². The molecule has 1 fully saturated rings. The second-order valence-corrected chi connectivity index (χ2v) is 9.65. The summed E-state index contributed by atoms with van der Waals surface area (Å²) >= 11 is 0. The number of hydrogen-bond acceptors (Lipinski definition) is 5. The maximum absolute atomic E-state index is 13.5. The molecule has 1 aliphatic rings. The van der Waals surface area contributed by atoms with Crippen molar-refractivity contribution >= 4 is 17.3 Å². The fourth-order valence-electron chi connectivity index (χ4n) is 4.53. The molecule has 37 heavy (non-hydrogen) atoms. The molecular weight excluding hydrogens is 467 g/mol. The van der Waals surface area contributed by atoms with Gasteiger partial charge in [0, 0.05) is 49.2 Å². The van der Waals surface area contributed by atoms with Crippen molar-refractivity contribution in [2.45, 2.75) is 19.9 Å². The number of halogens is 1. The van der Waals surface area contributed by atoms with Crippen molar-refractivity contribution in [1.29, 1.82) is 0 Å². The lowest BCUT2D eigenvalue weighted by Crippen LogP contribution is -2.44. The van der Waals surface area contributed by atoms with E-state index in [0.717, 1.165) is 43.1 Å². The highest BCUT2D eigenvalue weighted by Gasteiger charge is 2.20. The minimum Gasteiger partial charge on any atom is -0.369 e. The number of aromatic nitrogens is 3. The Bertz CT molecular complexity index is 1370. The number of pyridine rings is 1. The maximum atomic E-state index is 13.5. The molecular formula is C29H31FN6O. The van der Waals surface area contributed by atoms with Crippen LogP contribution in [-0.2, 0) is 0 Å². The Kier molecular flexibility index (Phi) is 7.01. The number of rotatable bonds is 6. The lowest BCUT2D eigenvalue weighted by atomic mass is 10.1. The number of benzene rings is 2. The molecule has 0 unspecified atom stereocenters. The minimum atomic E-state index is -0.304. The number of hydrogen-bond donors (Lipinski definition) is 1. The molecule has 7 nitrogen and oxygen atoms in total. The third-order valence-electron chi connectivity index (χ3n) is 6.69. The van der Waals surface area contributed by atoms with Crippen LogP contribution in [0, 0.1) is 5.82 Å². The van der Waals surface area contributed by atoms with Gasteiger partial charge in [-0.25, -0.2) is 14.4 Å². The van der Waals surface area contributed by atoms with Gasteiger partial charge in [0.2, 0.25) is 0 Å². The average Bonchev–Trinajstić information content (AvgIpc) is 3.36. The van der Waals surface area contributed by atoms with E-state index in [2.05, 4.69) is 41.0 Å². The van der Waals surface area contributed by atoms with Gasteiger partial charge in [-0.1, -0.05) is 6.07 Å². The fourth-order valence-corrected chi connectivity index (χ4v) is 4.53. The lowest BCUT2D eigenvalue weighted by molar-refractivity contribution is 0.102.